The summed E-state index contributed by atoms with van der Waals surface area (Å²) in [6.45, 7) is 1.78. The van der Waals surface area contributed by atoms with Gasteiger partial charge in [-0.15, -0.1) is 0 Å². The van der Waals surface area contributed by atoms with Gasteiger partial charge in [-0.05, 0) is 31.2 Å². The van der Waals surface area contributed by atoms with Gasteiger partial charge in [0, 0.05) is 19.0 Å². The van der Waals surface area contributed by atoms with E-state index in [1.54, 1.807) is 25.8 Å². The predicted octanol–water partition coefficient (Wildman–Crippen LogP) is 2.62. The lowest BCUT2D eigenvalue weighted by atomic mass is 10.0. The molecule has 1 aromatic heterocycles. The van der Waals surface area contributed by atoms with Crippen LogP contribution in [0.2, 0.25) is 0 Å². The number of hydrogen-bond donors (Lipinski definition) is 1. The molecule has 0 unspecified atom stereocenters. The van der Waals surface area contributed by atoms with E-state index in [0.29, 0.717) is 22.8 Å². The molecular weight excluding hydrogens is 384 g/mol. The number of anilines is 1. The second-order valence-electron chi connectivity index (χ2n) is 6.96. The van der Waals surface area contributed by atoms with Crippen molar-refractivity contribution in [3.05, 3.63) is 76.2 Å². The van der Waals surface area contributed by atoms with Gasteiger partial charge >= 0.3 is 0 Å². The zero-order valence-electron chi connectivity index (χ0n) is 17.0. The molecule has 0 saturated carbocycles. The molecule has 8 heteroatoms. The van der Waals surface area contributed by atoms with Crippen LogP contribution in [0.5, 0.6) is 5.75 Å². The molecule has 2 heterocycles. The van der Waals surface area contributed by atoms with Crippen molar-refractivity contribution < 1.29 is 14.4 Å². The number of rotatable bonds is 5. The summed E-state index contributed by atoms with van der Waals surface area (Å²) in [6, 6.07) is 16.7. The van der Waals surface area contributed by atoms with Gasteiger partial charge in [-0.3, -0.25) is 14.3 Å². The van der Waals surface area contributed by atoms with Crippen LogP contribution >= 0.6 is 0 Å². The van der Waals surface area contributed by atoms with Crippen LogP contribution in [0.4, 0.5) is 5.69 Å². The van der Waals surface area contributed by atoms with E-state index in [4.69, 9.17) is 9.57 Å². The first-order valence-electron chi connectivity index (χ1n) is 9.52. The summed E-state index contributed by atoms with van der Waals surface area (Å²) in [5, 5.41) is 6.79. The first kappa shape index (κ1) is 19.5. The maximum atomic E-state index is 13.0. The zero-order chi connectivity index (χ0) is 21.3. The van der Waals surface area contributed by atoms with Crippen molar-refractivity contribution in [3.63, 3.8) is 0 Å². The Hall–Kier alpha value is -3.81. The van der Waals surface area contributed by atoms with E-state index in [9.17, 15) is 9.59 Å². The van der Waals surface area contributed by atoms with Crippen LogP contribution in [-0.2, 0) is 16.7 Å². The lowest BCUT2D eigenvalue weighted by Crippen LogP contribution is -2.30. The highest BCUT2D eigenvalue weighted by Crippen LogP contribution is 2.25. The van der Waals surface area contributed by atoms with E-state index < -0.39 is 12.0 Å². The fourth-order valence-electron chi connectivity index (χ4n) is 3.48. The van der Waals surface area contributed by atoms with Crippen molar-refractivity contribution in [2.45, 2.75) is 19.4 Å². The molecule has 0 aliphatic carbocycles. The molecule has 0 fully saturated rings. The van der Waals surface area contributed by atoms with Gasteiger partial charge in [0.25, 0.3) is 11.5 Å². The third-order valence-corrected chi connectivity index (χ3v) is 5.18. The second kappa shape index (κ2) is 7.90. The molecule has 30 heavy (non-hydrogen) atoms. The maximum Gasteiger partial charge on any atom is 0.295 e. The number of aromatic nitrogens is 2. The van der Waals surface area contributed by atoms with Crippen LogP contribution in [0.3, 0.4) is 0 Å². The number of oxime groups is 1. The van der Waals surface area contributed by atoms with Gasteiger partial charge in [-0.25, -0.2) is 4.68 Å². The quantitative estimate of drug-likeness (QED) is 0.706. The average Bonchev–Trinajstić information content (AvgIpc) is 3.34. The minimum atomic E-state index is -0.825. The molecule has 1 atom stereocenters. The lowest BCUT2D eigenvalue weighted by Gasteiger charge is -2.09. The SMILES string of the molecule is COc1ccccc1C1=NO[C@@H](C(=O)Nc2c(C)n(C)n(-c3ccccc3)c2=O)C1. The Morgan fingerprint density at radius 3 is 2.60 bits per heavy atom. The van der Waals surface area contributed by atoms with Crippen LogP contribution in [-0.4, -0.2) is 34.2 Å². The summed E-state index contributed by atoms with van der Waals surface area (Å²) >= 11 is 0. The maximum absolute atomic E-state index is 13.0. The molecule has 0 saturated heterocycles. The summed E-state index contributed by atoms with van der Waals surface area (Å²) < 4.78 is 8.57. The first-order valence-corrected chi connectivity index (χ1v) is 9.52. The third kappa shape index (κ3) is 3.36. The van der Waals surface area contributed by atoms with E-state index in [2.05, 4.69) is 10.5 Å². The highest BCUT2D eigenvalue weighted by atomic mass is 16.6. The number of ether oxygens (including phenoxy) is 1. The standard InChI is InChI=1S/C22H22N4O4/c1-14-20(22(28)26(25(14)2)15-9-5-4-6-10-15)23-21(27)19-13-17(24-30-19)16-11-7-8-12-18(16)29-3/h4-12,19H,13H2,1-3H3,(H,23,27)/t19-/m1/s1. The molecule has 4 rings (SSSR count). The predicted molar refractivity (Wildman–Crippen MR) is 113 cm³/mol. The molecular formula is C22H22N4O4. The van der Waals surface area contributed by atoms with Crippen LogP contribution in [0, 0.1) is 6.92 Å². The number of benzene rings is 2. The molecule has 154 valence electrons. The molecule has 8 nitrogen and oxygen atoms in total. The molecule has 0 bridgehead atoms. The van der Waals surface area contributed by atoms with Gasteiger partial charge < -0.3 is 14.9 Å². The Morgan fingerprint density at radius 1 is 1.17 bits per heavy atom. The Bertz CT molecular complexity index is 1180. The largest absolute Gasteiger partial charge is 0.496 e. The van der Waals surface area contributed by atoms with Crippen molar-refractivity contribution in [2.75, 3.05) is 12.4 Å². The van der Waals surface area contributed by atoms with E-state index in [-0.39, 0.29) is 17.7 Å². The smallest absolute Gasteiger partial charge is 0.295 e. The Balaban J connectivity index is 1.54. The van der Waals surface area contributed by atoms with Crippen molar-refractivity contribution in [2.24, 2.45) is 12.2 Å². The van der Waals surface area contributed by atoms with Crippen LogP contribution in [0.1, 0.15) is 17.7 Å². The van der Waals surface area contributed by atoms with Gasteiger partial charge in [-0.1, -0.05) is 35.5 Å². The highest BCUT2D eigenvalue weighted by molar-refractivity contribution is 6.07. The van der Waals surface area contributed by atoms with Crippen molar-refractivity contribution in [1.29, 1.82) is 0 Å². The molecule has 1 aliphatic rings. The monoisotopic (exact) mass is 406 g/mol. The fraction of sp³-hybridized carbons (Fsp3) is 0.227. The Kier molecular flexibility index (Phi) is 5.14. The number of carbonyl (C=O) groups is 1. The molecule has 2 aromatic carbocycles. The highest BCUT2D eigenvalue weighted by Gasteiger charge is 2.31. The topological polar surface area (TPSA) is 86.8 Å². The average molecular weight is 406 g/mol. The number of nitrogens with one attached hydrogen (secondary N) is 1. The fourth-order valence-corrected chi connectivity index (χ4v) is 3.48. The number of nitrogens with zero attached hydrogens (tertiary/aromatic N) is 3. The van der Waals surface area contributed by atoms with E-state index in [0.717, 1.165) is 5.56 Å². The molecule has 0 radical (unpaired) electrons. The van der Waals surface area contributed by atoms with Gasteiger partial charge in [0.15, 0.2) is 0 Å². The normalized spacial score (nSPS) is 15.4. The molecule has 0 spiro atoms. The summed E-state index contributed by atoms with van der Waals surface area (Å²) in [7, 11) is 3.35. The zero-order valence-corrected chi connectivity index (χ0v) is 17.0. The third-order valence-electron chi connectivity index (χ3n) is 5.18. The molecule has 1 amide bonds. The summed E-state index contributed by atoms with van der Waals surface area (Å²) in [4.78, 5) is 31.1. The van der Waals surface area contributed by atoms with Crippen LogP contribution < -0.4 is 15.6 Å². The number of carbonyl (C=O) groups excluding carboxylic acids is 1. The van der Waals surface area contributed by atoms with Gasteiger partial charge in [-0.2, -0.15) is 0 Å². The minimum absolute atomic E-state index is 0.223. The first-order chi connectivity index (χ1) is 14.5. The number of amides is 1. The summed E-state index contributed by atoms with van der Waals surface area (Å²) in [5.74, 6) is 0.236. The lowest BCUT2D eigenvalue weighted by molar-refractivity contribution is -0.125. The van der Waals surface area contributed by atoms with Crippen LogP contribution in [0.25, 0.3) is 5.69 Å². The van der Waals surface area contributed by atoms with E-state index >= 15 is 0 Å². The van der Waals surface area contributed by atoms with Gasteiger partial charge in [0.2, 0.25) is 6.10 Å². The van der Waals surface area contributed by atoms with Gasteiger partial charge in [0.1, 0.15) is 11.4 Å². The molecule has 3 aromatic rings. The minimum Gasteiger partial charge on any atom is -0.496 e. The van der Waals surface area contributed by atoms with Crippen molar-refractivity contribution >= 4 is 17.3 Å². The number of para-hydroxylation sites is 2. The molecule has 1 N–H and O–H groups in total. The molecule has 1 aliphatic heterocycles. The number of methoxy groups -OCH3 is 1. The van der Waals surface area contributed by atoms with Crippen molar-refractivity contribution in [3.8, 4) is 11.4 Å². The van der Waals surface area contributed by atoms with E-state index in [1.807, 2.05) is 54.6 Å². The Labute approximate surface area is 173 Å². The summed E-state index contributed by atoms with van der Waals surface area (Å²) in [6.07, 6.45) is -0.542. The van der Waals surface area contributed by atoms with Gasteiger partial charge in [0.05, 0.1) is 24.2 Å². The Morgan fingerprint density at radius 2 is 1.87 bits per heavy atom. The summed E-state index contributed by atoms with van der Waals surface area (Å²) in [5.41, 5.74) is 2.67. The van der Waals surface area contributed by atoms with E-state index in [1.165, 1.54) is 4.68 Å². The van der Waals surface area contributed by atoms with Crippen LogP contribution in [0.15, 0.2) is 64.5 Å². The second-order valence-corrected chi connectivity index (χ2v) is 6.96. The number of hydrogen-bond acceptors (Lipinski definition) is 5. The van der Waals surface area contributed by atoms with Crippen molar-refractivity contribution in [1.82, 2.24) is 9.36 Å².